The Kier molecular flexibility index (Phi) is 4.76. The van der Waals surface area contributed by atoms with Crippen LogP contribution in [0.5, 0.6) is 0 Å². The molecule has 14 heavy (non-hydrogen) atoms. The lowest BCUT2D eigenvalue weighted by Gasteiger charge is -2.03. The molecule has 0 aliphatic heterocycles. The van der Waals surface area contributed by atoms with Gasteiger partial charge in [-0.25, -0.2) is 0 Å². The Morgan fingerprint density at radius 1 is 1.21 bits per heavy atom. The fourth-order valence-electron chi connectivity index (χ4n) is 1.17. The minimum atomic E-state index is 0.691. The Morgan fingerprint density at radius 3 is 2.50 bits per heavy atom. The van der Waals surface area contributed by atoms with Crippen LogP contribution in [0.3, 0.4) is 0 Å². The molecule has 2 nitrogen and oxygen atoms in total. The SMILES string of the molecule is CCCON=C(CC)c1ccccc1. The molecule has 0 bridgehead atoms. The molecule has 0 radical (unpaired) electrons. The summed E-state index contributed by atoms with van der Waals surface area (Å²) in [5.74, 6) is 0. The van der Waals surface area contributed by atoms with Crippen LogP contribution in [0.2, 0.25) is 0 Å². The molecule has 0 aliphatic rings. The summed E-state index contributed by atoms with van der Waals surface area (Å²) in [6.45, 7) is 4.85. The number of hydrogen-bond acceptors (Lipinski definition) is 2. The summed E-state index contributed by atoms with van der Waals surface area (Å²) >= 11 is 0. The lowest BCUT2D eigenvalue weighted by atomic mass is 10.1. The molecule has 1 aromatic carbocycles. The van der Waals surface area contributed by atoms with E-state index in [0.717, 1.165) is 24.1 Å². The number of benzene rings is 1. The first-order valence-corrected chi connectivity index (χ1v) is 5.12. The van der Waals surface area contributed by atoms with Crippen LogP contribution in [0.25, 0.3) is 0 Å². The maximum atomic E-state index is 5.18. The van der Waals surface area contributed by atoms with Crippen LogP contribution in [0.1, 0.15) is 32.3 Å². The number of nitrogens with zero attached hydrogens (tertiary/aromatic N) is 1. The molecule has 0 fully saturated rings. The Balaban J connectivity index is 2.67. The van der Waals surface area contributed by atoms with Crippen LogP contribution < -0.4 is 0 Å². The largest absolute Gasteiger partial charge is 0.396 e. The van der Waals surface area contributed by atoms with Crippen LogP contribution in [0.15, 0.2) is 35.5 Å². The Bertz CT molecular complexity index is 280. The van der Waals surface area contributed by atoms with Gasteiger partial charge in [-0.3, -0.25) is 0 Å². The van der Waals surface area contributed by atoms with Crippen molar-refractivity contribution < 1.29 is 4.84 Å². The van der Waals surface area contributed by atoms with Crippen molar-refractivity contribution in [2.45, 2.75) is 26.7 Å². The van der Waals surface area contributed by atoms with Gasteiger partial charge in [0.15, 0.2) is 0 Å². The first-order chi connectivity index (χ1) is 6.88. The Hall–Kier alpha value is -1.31. The molecular formula is C12H17NO. The van der Waals surface area contributed by atoms with Crippen LogP contribution in [0.4, 0.5) is 0 Å². The van der Waals surface area contributed by atoms with Crippen molar-refractivity contribution in [1.29, 1.82) is 0 Å². The molecule has 0 spiro atoms. The molecule has 0 atom stereocenters. The first-order valence-electron chi connectivity index (χ1n) is 5.12. The van der Waals surface area contributed by atoms with E-state index in [1.807, 2.05) is 18.2 Å². The molecular weight excluding hydrogens is 174 g/mol. The van der Waals surface area contributed by atoms with E-state index in [0.29, 0.717) is 6.61 Å². The number of oxime groups is 1. The fourth-order valence-corrected chi connectivity index (χ4v) is 1.17. The molecule has 0 aromatic heterocycles. The van der Waals surface area contributed by atoms with E-state index in [2.05, 4.69) is 31.1 Å². The van der Waals surface area contributed by atoms with Crippen LogP contribution in [-0.4, -0.2) is 12.3 Å². The monoisotopic (exact) mass is 191 g/mol. The van der Waals surface area contributed by atoms with Crippen LogP contribution >= 0.6 is 0 Å². The van der Waals surface area contributed by atoms with Gasteiger partial charge in [-0.1, -0.05) is 49.3 Å². The minimum absolute atomic E-state index is 0.691. The molecule has 0 amide bonds. The standard InChI is InChI=1S/C12H17NO/c1-3-10-14-13-12(4-2)11-8-6-5-7-9-11/h5-9H,3-4,10H2,1-2H3. The van der Waals surface area contributed by atoms with Gasteiger partial charge < -0.3 is 4.84 Å². The average molecular weight is 191 g/mol. The predicted octanol–water partition coefficient (Wildman–Crippen LogP) is 3.23. The zero-order chi connectivity index (χ0) is 10.2. The summed E-state index contributed by atoms with van der Waals surface area (Å²) < 4.78 is 0. The second-order valence-corrected chi connectivity index (χ2v) is 3.09. The molecule has 0 N–H and O–H groups in total. The van der Waals surface area contributed by atoms with Crippen molar-refractivity contribution in [2.75, 3.05) is 6.61 Å². The number of hydrogen-bond donors (Lipinski definition) is 0. The van der Waals surface area contributed by atoms with Crippen LogP contribution in [-0.2, 0) is 4.84 Å². The molecule has 0 saturated carbocycles. The van der Waals surface area contributed by atoms with Gasteiger partial charge in [-0.05, 0) is 18.4 Å². The molecule has 1 rings (SSSR count). The van der Waals surface area contributed by atoms with Crippen LogP contribution in [0, 0.1) is 0 Å². The molecule has 0 aliphatic carbocycles. The molecule has 1 aromatic rings. The zero-order valence-corrected chi connectivity index (χ0v) is 8.86. The van der Waals surface area contributed by atoms with E-state index >= 15 is 0 Å². The fraction of sp³-hybridized carbons (Fsp3) is 0.417. The van der Waals surface area contributed by atoms with E-state index in [4.69, 9.17) is 4.84 Å². The smallest absolute Gasteiger partial charge is 0.116 e. The topological polar surface area (TPSA) is 21.6 Å². The van der Waals surface area contributed by atoms with Gasteiger partial charge in [0.05, 0.1) is 5.71 Å². The highest BCUT2D eigenvalue weighted by atomic mass is 16.6. The van der Waals surface area contributed by atoms with Gasteiger partial charge in [-0.15, -0.1) is 0 Å². The van der Waals surface area contributed by atoms with E-state index < -0.39 is 0 Å². The quantitative estimate of drug-likeness (QED) is 0.398. The maximum absolute atomic E-state index is 5.18. The van der Waals surface area contributed by atoms with Crippen molar-refractivity contribution >= 4 is 5.71 Å². The Morgan fingerprint density at radius 2 is 1.93 bits per heavy atom. The average Bonchev–Trinajstić information content (AvgIpc) is 2.26. The summed E-state index contributed by atoms with van der Waals surface area (Å²) in [6, 6.07) is 10.1. The van der Waals surface area contributed by atoms with Gasteiger partial charge in [0.25, 0.3) is 0 Å². The van der Waals surface area contributed by atoms with Gasteiger partial charge in [0, 0.05) is 0 Å². The predicted molar refractivity (Wildman–Crippen MR) is 59.5 cm³/mol. The second kappa shape index (κ2) is 6.19. The van der Waals surface area contributed by atoms with E-state index in [1.165, 1.54) is 0 Å². The zero-order valence-electron chi connectivity index (χ0n) is 8.86. The lowest BCUT2D eigenvalue weighted by Crippen LogP contribution is -2.00. The third-order valence-electron chi connectivity index (χ3n) is 1.91. The van der Waals surface area contributed by atoms with Gasteiger partial charge in [-0.2, -0.15) is 0 Å². The minimum Gasteiger partial charge on any atom is -0.396 e. The van der Waals surface area contributed by atoms with E-state index in [1.54, 1.807) is 0 Å². The third kappa shape index (κ3) is 3.21. The van der Waals surface area contributed by atoms with Gasteiger partial charge in [0.2, 0.25) is 0 Å². The molecule has 76 valence electrons. The normalized spacial score (nSPS) is 11.4. The second-order valence-electron chi connectivity index (χ2n) is 3.09. The van der Waals surface area contributed by atoms with Crippen molar-refractivity contribution in [3.63, 3.8) is 0 Å². The summed E-state index contributed by atoms with van der Waals surface area (Å²) in [4.78, 5) is 5.18. The molecule has 0 unspecified atom stereocenters. The van der Waals surface area contributed by atoms with E-state index in [9.17, 15) is 0 Å². The van der Waals surface area contributed by atoms with Crippen molar-refractivity contribution in [3.8, 4) is 0 Å². The number of rotatable bonds is 5. The van der Waals surface area contributed by atoms with Gasteiger partial charge >= 0.3 is 0 Å². The van der Waals surface area contributed by atoms with Crippen molar-refractivity contribution in [3.05, 3.63) is 35.9 Å². The summed E-state index contributed by atoms with van der Waals surface area (Å²) in [5.41, 5.74) is 2.16. The summed E-state index contributed by atoms with van der Waals surface area (Å²) in [6.07, 6.45) is 1.89. The first kappa shape index (κ1) is 10.8. The molecule has 0 heterocycles. The highest BCUT2D eigenvalue weighted by Crippen LogP contribution is 2.04. The van der Waals surface area contributed by atoms with Gasteiger partial charge in [0.1, 0.15) is 6.61 Å². The van der Waals surface area contributed by atoms with Crippen molar-refractivity contribution in [2.24, 2.45) is 5.16 Å². The lowest BCUT2D eigenvalue weighted by molar-refractivity contribution is 0.144. The highest BCUT2D eigenvalue weighted by molar-refractivity contribution is 5.99. The third-order valence-corrected chi connectivity index (χ3v) is 1.91. The summed E-state index contributed by atoms with van der Waals surface area (Å²) in [5, 5.41) is 4.12. The van der Waals surface area contributed by atoms with E-state index in [-0.39, 0.29) is 0 Å². The summed E-state index contributed by atoms with van der Waals surface area (Å²) in [7, 11) is 0. The van der Waals surface area contributed by atoms with Crippen molar-refractivity contribution in [1.82, 2.24) is 0 Å². The highest BCUT2D eigenvalue weighted by Gasteiger charge is 1.99. The molecule has 0 saturated heterocycles. The molecule has 2 heteroatoms. The Labute approximate surface area is 85.6 Å². The maximum Gasteiger partial charge on any atom is 0.116 e.